The van der Waals surface area contributed by atoms with E-state index < -0.39 is 23.1 Å². The van der Waals surface area contributed by atoms with Gasteiger partial charge in [0.2, 0.25) is 0 Å². The van der Waals surface area contributed by atoms with E-state index in [9.17, 15) is 13.6 Å². The average Bonchev–Trinajstić information content (AvgIpc) is 2.75. The molecular weight excluding hydrogens is 392 g/mol. The number of halogens is 2. The molecule has 30 heavy (non-hydrogen) atoms. The Kier molecular flexibility index (Phi) is 6.39. The molecule has 0 saturated carbocycles. The van der Waals surface area contributed by atoms with Gasteiger partial charge in [-0.3, -0.25) is 4.79 Å². The maximum atomic E-state index is 13.7. The van der Waals surface area contributed by atoms with Gasteiger partial charge in [-0.05, 0) is 42.8 Å². The lowest BCUT2D eigenvalue weighted by molar-refractivity contribution is 0.101. The number of rotatable bonds is 6. The summed E-state index contributed by atoms with van der Waals surface area (Å²) in [5.41, 5.74) is 0.540. The zero-order chi connectivity index (χ0) is 21.5. The molecule has 2 heterocycles. The van der Waals surface area contributed by atoms with Gasteiger partial charge >= 0.3 is 0 Å². The van der Waals surface area contributed by atoms with Crippen molar-refractivity contribution in [2.45, 2.75) is 13.3 Å². The highest BCUT2D eigenvalue weighted by atomic mass is 19.1. The molecule has 0 saturated heterocycles. The number of benzene rings is 1. The fourth-order valence-electron chi connectivity index (χ4n) is 2.45. The topological polar surface area (TPSA) is 80.8 Å². The van der Waals surface area contributed by atoms with Gasteiger partial charge in [0.05, 0.1) is 5.71 Å². The summed E-state index contributed by atoms with van der Waals surface area (Å²) in [6, 6.07) is 9.41. The molecule has 0 atom stereocenters. The van der Waals surface area contributed by atoms with Crippen LogP contribution in [0.1, 0.15) is 29.3 Å². The van der Waals surface area contributed by atoms with E-state index in [0.717, 1.165) is 12.1 Å². The van der Waals surface area contributed by atoms with Crippen LogP contribution in [0.3, 0.4) is 0 Å². The highest BCUT2D eigenvalue weighted by Crippen LogP contribution is 2.17. The van der Waals surface area contributed by atoms with Gasteiger partial charge in [0.15, 0.2) is 11.9 Å². The van der Waals surface area contributed by atoms with Crippen molar-refractivity contribution in [1.29, 1.82) is 0 Å². The number of nitrogens with zero attached hydrogens (tertiary/aromatic N) is 4. The summed E-state index contributed by atoms with van der Waals surface area (Å²) < 4.78 is 27.4. The van der Waals surface area contributed by atoms with Crippen molar-refractivity contribution < 1.29 is 18.4 Å². The molecule has 0 radical (unpaired) electrons. The summed E-state index contributed by atoms with van der Waals surface area (Å²) in [6.45, 7) is 8.75. The lowest BCUT2D eigenvalue weighted by Crippen LogP contribution is -2.16. The van der Waals surface area contributed by atoms with Crippen molar-refractivity contribution in [2.75, 3.05) is 5.32 Å². The molecule has 0 unspecified atom stereocenters. The van der Waals surface area contributed by atoms with E-state index in [1.165, 1.54) is 30.6 Å². The third-order valence-corrected chi connectivity index (χ3v) is 3.96. The Bertz CT molecular complexity index is 1100. The third-order valence-electron chi connectivity index (χ3n) is 3.96. The van der Waals surface area contributed by atoms with Crippen LogP contribution >= 0.6 is 0 Å². The van der Waals surface area contributed by atoms with E-state index in [-0.39, 0.29) is 11.6 Å². The fourth-order valence-corrected chi connectivity index (χ4v) is 2.45. The molecule has 1 amide bonds. The van der Waals surface area contributed by atoms with E-state index in [1.54, 1.807) is 12.1 Å². The lowest BCUT2D eigenvalue weighted by Gasteiger charge is -2.08. The van der Waals surface area contributed by atoms with Crippen LogP contribution in [0.5, 0.6) is 5.75 Å². The summed E-state index contributed by atoms with van der Waals surface area (Å²) in [7, 11) is 0. The molecule has 0 fully saturated rings. The number of nitrogens with one attached hydrogen (secondary N) is 1. The highest BCUT2D eigenvalue weighted by molar-refractivity contribution is 6.04. The van der Waals surface area contributed by atoms with Crippen molar-refractivity contribution in [3.63, 3.8) is 0 Å². The Labute approximate surface area is 170 Å². The quantitative estimate of drug-likeness (QED) is 0.363. The molecule has 150 valence electrons. The van der Waals surface area contributed by atoms with Crippen molar-refractivity contribution in [3.05, 3.63) is 89.0 Å². The summed E-state index contributed by atoms with van der Waals surface area (Å²) in [6.07, 6.45) is 3.38. The maximum Gasteiger partial charge on any atom is 0.269 e. The van der Waals surface area contributed by atoms with Crippen LogP contribution in [-0.2, 0) is 0 Å². The van der Waals surface area contributed by atoms with Gasteiger partial charge in [-0.15, -0.1) is 4.98 Å². The van der Waals surface area contributed by atoms with Crippen LogP contribution in [0.15, 0.2) is 60.0 Å². The standard InChI is InChI=1S/C21H15F2N5O2/c1-3-17(28-30-14-8-10-18(24-2)26-12-14)13-7-9-19(25-11-13)27-21(29)20-15(22)5-4-6-16(20)23/h4-12H,3H2,1H3,(H,25,27,29)/b28-17+. The molecule has 9 heteroatoms. The Morgan fingerprint density at radius 3 is 2.47 bits per heavy atom. The minimum atomic E-state index is -0.958. The van der Waals surface area contributed by atoms with E-state index in [2.05, 4.69) is 25.3 Å². The Morgan fingerprint density at radius 1 is 1.13 bits per heavy atom. The van der Waals surface area contributed by atoms with E-state index in [1.807, 2.05) is 6.92 Å². The number of hydrogen-bond donors (Lipinski definition) is 1. The average molecular weight is 407 g/mol. The second-order valence-electron chi connectivity index (χ2n) is 5.93. The summed E-state index contributed by atoms with van der Waals surface area (Å²) in [5, 5.41) is 6.43. The molecule has 0 aliphatic carbocycles. The SMILES string of the molecule is [C-]#[N+]c1ccc(O/N=C(\CC)c2ccc(NC(=O)c3c(F)cccc3F)nc2)cn1. The highest BCUT2D eigenvalue weighted by Gasteiger charge is 2.17. The molecule has 0 spiro atoms. The third kappa shape index (κ3) is 4.80. The summed E-state index contributed by atoms with van der Waals surface area (Å²) in [5.74, 6) is -2.10. The first-order valence-corrected chi connectivity index (χ1v) is 8.81. The van der Waals surface area contributed by atoms with Gasteiger partial charge in [-0.1, -0.05) is 24.7 Å². The predicted molar refractivity (Wildman–Crippen MR) is 107 cm³/mol. The second kappa shape index (κ2) is 9.34. The number of carbonyl (C=O) groups is 1. The van der Waals surface area contributed by atoms with Crippen molar-refractivity contribution >= 4 is 23.3 Å². The monoisotopic (exact) mass is 407 g/mol. The number of oxime groups is 1. The zero-order valence-corrected chi connectivity index (χ0v) is 15.8. The summed E-state index contributed by atoms with van der Waals surface area (Å²) in [4.78, 5) is 28.7. The molecule has 0 aliphatic rings. The number of anilines is 1. The van der Waals surface area contributed by atoms with E-state index in [4.69, 9.17) is 11.4 Å². The minimum Gasteiger partial charge on any atom is -0.361 e. The van der Waals surface area contributed by atoms with Gasteiger partial charge in [-0.25, -0.2) is 13.8 Å². The van der Waals surface area contributed by atoms with Crippen LogP contribution in [0, 0.1) is 18.2 Å². The van der Waals surface area contributed by atoms with Crippen LogP contribution in [0.4, 0.5) is 20.4 Å². The molecule has 1 N–H and O–H groups in total. The van der Waals surface area contributed by atoms with Crippen LogP contribution in [0.25, 0.3) is 4.85 Å². The van der Waals surface area contributed by atoms with Gasteiger partial charge in [-0.2, -0.15) is 0 Å². The van der Waals surface area contributed by atoms with Crippen molar-refractivity contribution in [3.8, 4) is 5.75 Å². The molecule has 7 nitrogen and oxygen atoms in total. The zero-order valence-electron chi connectivity index (χ0n) is 15.8. The van der Waals surface area contributed by atoms with Gasteiger partial charge < -0.3 is 15.0 Å². The number of aromatic nitrogens is 2. The molecular formula is C21H15F2N5O2. The minimum absolute atomic E-state index is 0.127. The van der Waals surface area contributed by atoms with Crippen LogP contribution in [-0.4, -0.2) is 21.6 Å². The van der Waals surface area contributed by atoms with Crippen molar-refractivity contribution in [2.24, 2.45) is 5.16 Å². The Morgan fingerprint density at radius 2 is 1.90 bits per heavy atom. The van der Waals surface area contributed by atoms with Crippen LogP contribution < -0.4 is 10.2 Å². The number of pyridine rings is 2. The molecule has 3 aromatic rings. The summed E-state index contributed by atoms with van der Waals surface area (Å²) >= 11 is 0. The van der Waals surface area contributed by atoms with Gasteiger partial charge in [0, 0.05) is 11.8 Å². The molecule has 2 aromatic heterocycles. The van der Waals surface area contributed by atoms with E-state index >= 15 is 0 Å². The number of amides is 1. The van der Waals surface area contributed by atoms with Crippen LogP contribution in [0.2, 0.25) is 0 Å². The van der Waals surface area contributed by atoms with Crippen molar-refractivity contribution in [1.82, 2.24) is 9.97 Å². The van der Waals surface area contributed by atoms with E-state index in [0.29, 0.717) is 23.4 Å². The molecule has 1 aromatic carbocycles. The van der Waals surface area contributed by atoms with Gasteiger partial charge in [0.25, 0.3) is 11.7 Å². The first-order valence-electron chi connectivity index (χ1n) is 8.81. The smallest absolute Gasteiger partial charge is 0.269 e. The lowest BCUT2D eigenvalue weighted by atomic mass is 10.1. The van der Waals surface area contributed by atoms with Gasteiger partial charge in [0.1, 0.15) is 23.0 Å². The second-order valence-corrected chi connectivity index (χ2v) is 5.93. The molecule has 3 rings (SSSR count). The Balaban J connectivity index is 1.71. The maximum absolute atomic E-state index is 13.7. The predicted octanol–water partition coefficient (Wildman–Crippen LogP) is 4.75. The first-order chi connectivity index (χ1) is 14.5. The first kappa shape index (κ1) is 20.5. The largest absolute Gasteiger partial charge is 0.361 e. The Hall–Kier alpha value is -4.19. The fraction of sp³-hybridized carbons (Fsp3) is 0.0952. The number of carbonyl (C=O) groups excluding carboxylic acids is 1. The molecule has 0 aliphatic heterocycles. The number of hydrogen-bond acceptors (Lipinski definition) is 5. The normalized spacial score (nSPS) is 10.9. The molecule has 0 bridgehead atoms.